The molecule has 0 bridgehead atoms. The Morgan fingerprint density at radius 1 is 0.453 bits per heavy atom. The van der Waals surface area contributed by atoms with Crippen molar-refractivity contribution in [3.8, 4) is 67.1 Å². The molecule has 0 radical (unpaired) electrons. The Balaban J connectivity index is 1.07. The van der Waals surface area contributed by atoms with Crippen LogP contribution in [0.25, 0.3) is 78.2 Å². The van der Waals surface area contributed by atoms with Gasteiger partial charge in [0.2, 0.25) is 5.89 Å². The number of hydrogen-bond donors (Lipinski definition) is 0. The highest BCUT2D eigenvalue weighted by Crippen LogP contribution is 2.45. The summed E-state index contributed by atoms with van der Waals surface area (Å²) in [6.45, 7) is 0. The number of fused-ring (bicyclic) bond motifs is 4. The van der Waals surface area contributed by atoms with Gasteiger partial charge in [0.1, 0.15) is 5.52 Å². The van der Waals surface area contributed by atoms with Crippen molar-refractivity contribution in [2.75, 3.05) is 0 Å². The molecule has 1 aliphatic rings. The maximum atomic E-state index is 6.69. The molecule has 3 aromatic heterocycles. The molecule has 0 saturated carbocycles. The van der Waals surface area contributed by atoms with Crippen molar-refractivity contribution < 1.29 is 4.42 Å². The van der Waals surface area contributed by atoms with Gasteiger partial charge in [-0.3, -0.25) is 9.97 Å². The highest BCUT2D eigenvalue weighted by Gasteiger charge is 2.27. The third kappa shape index (κ3) is 5.71. The zero-order valence-corrected chi connectivity index (χ0v) is 28.9. The van der Waals surface area contributed by atoms with E-state index in [9.17, 15) is 0 Å². The molecule has 3 heterocycles. The minimum atomic E-state index is 0.175. The van der Waals surface area contributed by atoms with Gasteiger partial charge < -0.3 is 4.42 Å². The van der Waals surface area contributed by atoms with Gasteiger partial charge in [-0.05, 0) is 110 Å². The zero-order chi connectivity index (χ0) is 35.1. The van der Waals surface area contributed by atoms with Crippen LogP contribution in [-0.4, -0.2) is 15.0 Å². The van der Waals surface area contributed by atoms with Crippen LogP contribution < -0.4 is 0 Å². The van der Waals surface area contributed by atoms with Crippen LogP contribution in [0.15, 0.2) is 187 Å². The summed E-state index contributed by atoms with van der Waals surface area (Å²) in [5.41, 5.74) is 18.0. The lowest BCUT2D eigenvalue weighted by Gasteiger charge is -2.28. The van der Waals surface area contributed by atoms with Gasteiger partial charge in [0, 0.05) is 47.4 Å². The first kappa shape index (κ1) is 30.9. The Labute approximate surface area is 308 Å². The third-order valence-corrected chi connectivity index (χ3v) is 10.5. The first-order valence-corrected chi connectivity index (χ1v) is 18.0. The highest BCUT2D eigenvalue weighted by atomic mass is 16.3. The number of nitrogens with zero attached hydrogens (tertiary/aromatic N) is 3. The van der Waals surface area contributed by atoms with Crippen LogP contribution >= 0.6 is 0 Å². The van der Waals surface area contributed by atoms with E-state index < -0.39 is 0 Å². The van der Waals surface area contributed by atoms with Crippen molar-refractivity contribution in [3.05, 3.63) is 199 Å². The average Bonchev–Trinajstić information content (AvgIpc) is 3.68. The molecule has 1 unspecified atom stereocenters. The van der Waals surface area contributed by atoms with Gasteiger partial charge in [0.25, 0.3) is 0 Å². The van der Waals surface area contributed by atoms with Crippen LogP contribution in [0.2, 0.25) is 0 Å². The van der Waals surface area contributed by atoms with Gasteiger partial charge in [-0.1, -0.05) is 115 Å². The molecule has 0 aliphatic heterocycles. The molecule has 1 aliphatic carbocycles. The van der Waals surface area contributed by atoms with Gasteiger partial charge in [-0.25, -0.2) is 4.98 Å². The molecular weight excluding hydrogens is 647 g/mol. The van der Waals surface area contributed by atoms with Gasteiger partial charge in [0.15, 0.2) is 5.58 Å². The highest BCUT2D eigenvalue weighted by molar-refractivity contribution is 5.94. The van der Waals surface area contributed by atoms with Crippen LogP contribution in [-0.2, 0) is 6.42 Å². The summed E-state index contributed by atoms with van der Waals surface area (Å²) >= 11 is 0. The van der Waals surface area contributed by atoms with E-state index in [0.29, 0.717) is 5.89 Å². The lowest BCUT2D eigenvalue weighted by molar-refractivity contribution is 0.618. The second kappa shape index (κ2) is 13.0. The second-order valence-corrected chi connectivity index (χ2v) is 13.7. The minimum Gasteiger partial charge on any atom is -0.436 e. The van der Waals surface area contributed by atoms with E-state index in [4.69, 9.17) is 9.40 Å². The zero-order valence-electron chi connectivity index (χ0n) is 28.9. The molecule has 1 atom stereocenters. The fourth-order valence-corrected chi connectivity index (χ4v) is 7.82. The average molecular weight is 680 g/mol. The van der Waals surface area contributed by atoms with E-state index in [2.05, 4.69) is 156 Å². The van der Waals surface area contributed by atoms with E-state index in [1.807, 2.05) is 24.5 Å². The van der Waals surface area contributed by atoms with E-state index in [0.717, 1.165) is 67.6 Å². The molecule has 0 saturated heterocycles. The summed E-state index contributed by atoms with van der Waals surface area (Å²) in [4.78, 5) is 13.8. The van der Waals surface area contributed by atoms with Crippen molar-refractivity contribution in [1.82, 2.24) is 15.0 Å². The number of hydrogen-bond acceptors (Lipinski definition) is 4. The predicted octanol–water partition coefficient (Wildman–Crippen LogP) is 12.3. The molecule has 53 heavy (non-hydrogen) atoms. The molecule has 10 rings (SSSR count). The first-order valence-electron chi connectivity index (χ1n) is 18.0. The van der Waals surface area contributed by atoms with Crippen molar-refractivity contribution in [2.45, 2.75) is 12.3 Å². The fraction of sp³-hybridized carbons (Fsp3) is 0.0408. The molecule has 0 amide bonds. The minimum absolute atomic E-state index is 0.175. The summed E-state index contributed by atoms with van der Waals surface area (Å²) in [6.07, 6.45) is 8.33. The number of pyridine rings is 2. The molecule has 6 aromatic carbocycles. The standard InChI is InChI=1S/C49H33N3O/c1-2-13-42-38(8-1)27-45(44-15-4-3-14-43(42)44)41-28-46(34-20-16-33(17-21-34)39-11-6-24-50-30-39)48-47(29-41)53-49(52-48)35-22-18-32(19-23-35)36-9-5-10-37(26-36)40-12-7-25-51-31-40/h1-26,28-31,45H,27H2. The van der Waals surface area contributed by atoms with Gasteiger partial charge in [-0.15, -0.1) is 0 Å². The maximum absolute atomic E-state index is 6.69. The van der Waals surface area contributed by atoms with E-state index in [1.54, 1.807) is 12.4 Å². The smallest absolute Gasteiger partial charge is 0.227 e. The molecule has 0 spiro atoms. The molecule has 0 fully saturated rings. The summed E-state index contributed by atoms with van der Waals surface area (Å²) in [6, 6.07) is 56.1. The number of aromatic nitrogens is 3. The Morgan fingerprint density at radius 3 is 1.79 bits per heavy atom. The van der Waals surface area contributed by atoms with E-state index in [-0.39, 0.29) is 5.92 Å². The van der Waals surface area contributed by atoms with Crippen LogP contribution in [0.3, 0.4) is 0 Å². The second-order valence-electron chi connectivity index (χ2n) is 13.7. The van der Waals surface area contributed by atoms with Crippen molar-refractivity contribution in [1.29, 1.82) is 0 Å². The number of benzene rings is 6. The van der Waals surface area contributed by atoms with Crippen LogP contribution in [0, 0.1) is 0 Å². The normalized spacial score (nSPS) is 13.4. The summed E-state index contributed by atoms with van der Waals surface area (Å²) in [5, 5.41) is 0. The fourth-order valence-electron chi connectivity index (χ4n) is 7.82. The molecule has 250 valence electrons. The number of rotatable bonds is 6. The molecule has 9 aromatic rings. The van der Waals surface area contributed by atoms with Gasteiger partial charge >= 0.3 is 0 Å². The van der Waals surface area contributed by atoms with E-state index in [1.165, 1.54) is 27.8 Å². The predicted molar refractivity (Wildman–Crippen MR) is 214 cm³/mol. The topological polar surface area (TPSA) is 51.8 Å². The van der Waals surface area contributed by atoms with Crippen LogP contribution in [0.5, 0.6) is 0 Å². The SMILES string of the molecule is c1cncc(-c2ccc(-c3cc(C4Cc5ccccc5-c5ccccc54)cc4oc(-c5ccc(-c6cccc(-c7cccnc7)c6)cc5)nc34)cc2)c1. The largest absolute Gasteiger partial charge is 0.436 e. The third-order valence-electron chi connectivity index (χ3n) is 10.5. The lowest BCUT2D eigenvalue weighted by atomic mass is 9.75. The van der Waals surface area contributed by atoms with Crippen molar-refractivity contribution in [3.63, 3.8) is 0 Å². The van der Waals surface area contributed by atoms with Crippen molar-refractivity contribution >= 4 is 11.1 Å². The van der Waals surface area contributed by atoms with Gasteiger partial charge in [0.05, 0.1) is 0 Å². The van der Waals surface area contributed by atoms with Crippen LogP contribution in [0.4, 0.5) is 0 Å². The Bertz CT molecular complexity index is 2730. The molecule has 4 nitrogen and oxygen atoms in total. The Hall–Kier alpha value is -6.91. The van der Waals surface area contributed by atoms with Crippen molar-refractivity contribution in [2.24, 2.45) is 0 Å². The summed E-state index contributed by atoms with van der Waals surface area (Å²) in [7, 11) is 0. The lowest BCUT2D eigenvalue weighted by Crippen LogP contribution is -2.12. The van der Waals surface area contributed by atoms with E-state index >= 15 is 0 Å². The maximum Gasteiger partial charge on any atom is 0.227 e. The van der Waals surface area contributed by atoms with Crippen LogP contribution in [0.1, 0.15) is 22.6 Å². The Morgan fingerprint density at radius 2 is 1.06 bits per heavy atom. The molecular formula is C49H33N3O. The summed E-state index contributed by atoms with van der Waals surface area (Å²) in [5.74, 6) is 0.782. The Kier molecular flexibility index (Phi) is 7.58. The quantitative estimate of drug-likeness (QED) is 0.175. The number of oxazole rings is 1. The van der Waals surface area contributed by atoms with Gasteiger partial charge in [-0.2, -0.15) is 0 Å². The first-order chi connectivity index (χ1) is 26.2. The monoisotopic (exact) mass is 679 g/mol. The summed E-state index contributed by atoms with van der Waals surface area (Å²) < 4.78 is 6.69. The molecule has 4 heteroatoms. The molecule has 0 N–H and O–H groups in total.